The first-order valence-electron chi connectivity index (χ1n) is 6.34. The molecular formula is C16H15ClO3. The largest absolute Gasteiger partial charge is 0.486 e. The Morgan fingerprint density at radius 3 is 2.55 bits per heavy atom. The van der Waals surface area contributed by atoms with Gasteiger partial charge in [0.2, 0.25) is 0 Å². The van der Waals surface area contributed by atoms with Gasteiger partial charge in [0.25, 0.3) is 0 Å². The van der Waals surface area contributed by atoms with Gasteiger partial charge in [0.1, 0.15) is 12.2 Å². The lowest BCUT2D eigenvalue weighted by Crippen LogP contribution is -2.08. The zero-order valence-electron chi connectivity index (χ0n) is 11.1. The number of hydrogen-bond donors (Lipinski definition) is 0. The molecule has 0 saturated carbocycles. The molecule has 2 rings (SSSR count). The first-order chi connectivity index (χ1) is 9.72. The molecule has 3 nitrogen and oxygen atoms in total. The van der Waals surface area contributed by atoms with E-state index in [2.05, 4.69) is 0 Å². The van der Waals surface area contributed by atoms with E-state index in [0.717, 1.165) is 5.56 Å². The fourth-order valence-corrected chi connectivity index (χ4v) is 1.98. The number of carbonyl (C=O) groups is 1. The molecule has 20 heavy (non-hydrogen) atoms. The van der Waals surface area contributed by atoms with Crippen molar-refractivity contribution in [2.75, 3.05) is 6.61 Å². The van der Waals surface area contributed by atoms with Gasteiger partial charge in [-0.3, -0.25) is 0 Å². The van der Waals surface area contributed by atoms with Gasteiger partial charge in [0.15, 0.2) is 5.75 Å². The minimum absolute atomic E-state index is 0.309. The highest BCUT2D eigenvalue weighted by Gasteiger charge is 2.16. The number of carbonyl (C=O) groups excluding carboxylic acids is 1. The van der Waals surface area contributed by atoms with Gasteiger partial charge >= 0.3 is 5.97 Å². The Labute approximate surface area is 123 Å². The monoisotopic (exact) mass is 290 g/mol. The van der Waals surface area contributed by atoms with Crippen LogP contribution < -0.4 is 4.74 Å². The van der Waals surface area contributed by atoms with Crippen LogP contribution in [-0.4, -0.2) is 12.6 Å². The molecule has 0 aliphatic rings. The van der Waals surface area contributed by atoms with E-state index < -0.39 is 5.97 Å². The second-order valence-corrected chi connectivity index (χ2v) is 4.52. The van der Waals surface area contributed by atoms with E-state index in [1.165, 1.54) is 0 Å². The van der Waals surface area contributed by atoms with Crippen molar-refractivity contribution in [2.24, 2.45) is 0 Å². The summed E-state index contributed by atoms with van der Waals surface area (Å²) in [5, 5.41) is 0.395. The molecule has 2 aromatic rings. The van der Waals surface area contributed by atoms with Crippen LogP contribution in [0.2, 0.25) is 5.02 Å². The molecule has 0 spiro atoms. The number of benzene rings is 2. The van der Waals surface area contributed by atoms with Crippen LogP contribution >= 0.6 is 11.6 Å². The van der Waals surface area contributed by atoms with Crippen LogP contribution in [0.1, 0.15) is 22.8 Å². The van der Waals surface area contributed by atoms with Crippen molar-refractivity contribution in [3.63, 3.8) is 0 Å². The summed E-state index contributed by atoms with van der Waals surface area (Å²) in [6, 6.07) is 14.7. The molecule has 0 aliphatic heterocycles. The standard InChI is InChI=1S/C16H15ClO3/c1-2-19-16(18)13-9-6-10-14(17)15(13)20-11-12-7-4-3-5-8-12/h3-10H,2,11H2,1H3. The van der Waals surface area contributed by atoms with Crippen LogP contribution in [0.25, 0.3) is 0 Å². The second-order valence-electron chi connectivity index (χ2n) is 4.11. The minimum atomic E-state index is -0.432. The molecule has 0 heterocycles. The third kappa shape index (κ3) is 3.52. The molecule has 0 unspecified atom stereocenters. The summed E-state index contributed by atoms with van der Waals surface area (Å²) in [6.07, 6.45) is 0. The summed E-state index contributed by atoms with van der Waals surface area (Å²) >= 11 is 6.11. The topological polar surface area (TPSA) is 35.5 Å². The maximum Gasteiger partial charge on any atom is 0.341 e. The summed E-state index contributed by atoms with van der Waals surface area (Å²) in [5.41, 5.74) is 1.34. The van der Waals surface area contributed by atoms with Crippen LogP contribution in [0.5, 0.6) is 5.75 Å². The van der Waals surface area contributed by atoms with Crippen molar-refractivity contribution in [3.05, 3.63) is 64.7 Å². The van der Waals surface area contributed by atoms with Crippen molar-refractivity contribution >= 4 is 17.6 Å². The molecule has 2 aromatic carbocycles. The molecule has 104 valence electrons. The van der Waals surface area contributed by atoms with Gasteiger partial charge in [-0.25, -0.2) is 4.79 Å². The Bertz CT molecular complexity index is 582. The van der Waals surface area contributed by atoms with Crippen LogP contribution in [0.4, 0.5) is 0 Å². The maximum absolute atomic E-state index is 11.9. The van der Waals surface area contributed by atoms with Gasteiger partial charge < -0.3 is 9.47 Å². The zero-order chi connectivity index (χ0) is 14.4. The highest BCUT2D eigenvalue weighted by atomic mass is 35.5. The normalized spacial score (nSPS) is 10.1. The molecule has 0 fully saturated rings. The van der Waals surface area contributed by atoms with E-state index >= 15 is 0 Å². The highest BCUT2D eigenvalue weighted by Crippen LogP contribution is 2.30. The molecule has 0 atom stereocenters. The number of halogens is 1. The number of para-hydroxylation sites is 1. The van der Waals surface area contributed by atoms with E-state index in [0.29, 0.717) is 29.5 Å². The van der Waals surface area contributed by atoms with Gasteiger partial charge in [0.05, 0.1) is 11.6 Å². The summed E-state index contributed by atoms with van der Waals surface area (Å²) < 4.78 is 10.7. The Balaban J connectivity index is 2.20. The molecule has 4 heteroatoms. The predicted molar refractivity (Wildman–Crippen MR) is 78.2 cm³/mol. The molecule has 0 amide bonds. The molecule has 0 aliphatic carbocycles. The van der Waals surface area contributed by atoms with E-state index in [4.69, 9.17) is 21.1 Å². The maximum atomic E-state index is 11.9. The van der Waals surface area contributed by atoms with E-state index in [9.17, 15) is 4.79 Å². The van der Waals surface area contributed by atoms with Crippen molar-refractivity contribution in [2.45, 2.75) is 13.5 Å². The summed E-state index contributed by atoms with van der Waals surface area (Å²) in [4.78, 5) is 11.9. The number of ether oxygens (including phenoxy) is 2. The minimum Gasteiger partial charge on any atom is -0.486 e. The highest BCUT2D eigenvalue weighted by molar-refractivity contribution is 6.32. The van der Waals surface area contributed by atoms with Gasteiger partial charge in [-0.1, -0.05) is 48.0 Å². The van der Waals surface area contributed by atoms with E-state index in [1.807, 2.05) is 30.3 Å². The van der Waals surface area contributed by atoms with Crippen molar-refractivity contribution in [3.8, 4) is 5.75 Å². The first-order valence-corrected chi connectivity index (χ1v) is 6.72. The number of esters is 1. The average Bonchev–Trinajstić information content (AvgIpc) is 2.47. The molecule has 0 aromatic heterocycles. The van der Waals surface area contributed by atoms with Crippen molar-refractivity contribution in [1.82, 2.24) is 0 Å². The Hall–Kier alpha value is -2.00. The lowest BCUT2D eigenvalue weighted by molar-refractivity contribution is 0.0521. The smallest absolute Gasteiger partial charge is 0.341 e. The SMILES string of the molecule is CCOC(=O)c1cccc(Cl)c1OCc1ccccc1. The Morgan fingerprint density at radius 2 is 1.85 bits per heavy atom. The fourth-order valence-electron chi connectivity index (χ4n) is 1.75. The summed E-state index contributed by atoms with van der Waals surface area (Å²) in [5.74, 6) is -0.0745. The predicted octanol–water partition coefficient (Wildman–Crippen LogP) is 4.10. The number of hydrogen-bond acceptors (Lipinski definition) is 3. The van der Waals surface area contributed by atoms with Gasteiger partial charge in [-0.05, 0) is 24.6 Å². The lowest BCUT2D eigenvalue weighted by atomic mass is 10.2. The van der Waals surface area contributed by atoms with Crippen molar-refractivity contribution in [1.29, 1.82) is 0 Å². The van der Waals surface area contributed by atoms with Gasteiger partial charge in [-0.2, -0.15) is 0 Å². The van der Waals surface area contributed by atoms with E-state index in [-0.39, 0.29) is 0 Å². The van der Waals surface area contributed by atoms with Crippen LogP contribution in [0.15, 0.2) is 48.5 Å². The third-order valence-electron chi connectivity index (χ3n) is 2.69. The van der Waals surface area contributed by atoms with Gasteiger partial charge in [0, 0.05) is 0 Å². The summed E-state index contributed by atoms with van der Waals surface area (Å²) in [6.45, 7) is 2.41. The fraction of sp³-hybridized carbons (Fsp3) is 0.188. The molecule has 0 radical (unpaired) electrons. The lowest BCUT2D eigenvalue weighted by Gasteiger charge is -2.12. The second kappa shape index (κ2) is 6.96. The summed E-state index contributed by atoms with van der Waals surface area (Å²) in [7, 11) is 0. The zero-order valence-corrected chi connectivity index (χ0v) is 11.9. The van der Waals surface area contributed by atoms with Crippen LogP contribution in [0, 0.1) is 0 Å². The van der Waals surface area contributed by atoms with Crippen LogP contribution in [-0.2, 0) is 11.3 Å². The molecule has 0 saturated heterocycles. The van der Waals surface area contributed by atoms with Crippen LogP contribution in [0.3, 0.4) is 0 Å². The molecule has 0 bridgehead atoms. The molecule has 0 N–H and O–H groups in total. The third-order valence-corrected chi connectivity index (χ3v) is 2.99. The Kier molecular flexibility index (Phi) is 5.02. The van der Waals surface area contributed by atoms with E-state index in [1.54, 1.807) is 25.1 Å². The number of rotatable bonds is 5. The van der Waals surface area contributed by atoms with Gasteiger partial charge in [-0.15, -0.1) is 0 Å². The Morgan fingerprint density at radius 1 is 1.10 bits per heavy atom. The average molecular weight is 291 g/mol. The van der Waals surface area contributed by atoms with Crippen molar-refractivity contribution < 1.29 is 14.3 Å². The quantitative estimate of drug-likeness (QED) is 0.778. The molecular weight excluding hydrogens is 276 g/mol. The first kappa shape index (κ1) is 14.4.